The zero-order valence-electron chi connectivity index (χ0n) is 22.1. The van der Waals surface area contributed by atoms with Crippen molar-refractivity contribution in [3.05, 3.63) is 83.7 Å². The Labute approximate surface area is 222 Å². The van der Waals surface area contributed by atoms with Crippen LogP contribution >= 0.6 is 0 Å². The smallest absolute Gasteiger partial charge is 0.359 e. The molecule has 10 heteroatoms. The minimum Gasteiger partial charge on any atom is -0.459 e. The van der Waals surface area contributed by atoms with Crippen molar-refractivity contribution in [3.63, 3.8) is 0 Å². The van der Waals surface area contributed by atoms with Gasteiger partial charge in [0.25, 0.3) is 0 Å². The number of hydrogen-bond acceptors (Lipinski definition) is 8. The summed E-state index contributed by atoms with van der Waals surface area (Å²) in [5.74, 6) is -1.72. The topological polar surface area (TPSA) is 138 Å². The first-order valence-corrected chi connectivity index (χ1v) is 12.5. The van der Waals surface area contributed by atoms with Crippen LogP contribution in [0.1, 0.15) is 56.9 Å². The van der Waals surface area contributed by atoms with Gasteiger partial charge >= 0.3 is 18.0 Å². The Morgan fingerprint density at radius 3 is 1.87 bits per heavy atom. The van der Waals surface area contributed by atoms with Crippen LogP contribution in [0.2, 0.25) is 0 Å². The number of benzene rings is 2. The molecule has 3 rings (SSSR count). The molecule has 0 atom stereocenters. The Morgan fingerprint density at radius 2 is 1.39 bits per heavy atom. The highest BCUT2D eigenvalue weighted by molar-refractivity contribution is 6.04. The fourth-order valence-electron chi connectivity index (χ4n) is 3.49. The van der Waals surface area contributed by atoms with E-state index in [1.165, 1.54) is 0 Å². The van der Waals surface area contributed by atoms with Gasteiger partial charge in [-0.3, -0.25) is 0 Å². The second kappa shape index (κ2) is 13.0. The lowest BCUT2D eigenvalue weighted by atomic mass is 9.93. The van der Waals surface area contributed by atoms with Crippen molar-refractivity contribution in [1.82, 2.24) is 20.3 Å². The van der Waals surface area contributed by atoms with Crippen molar-refractivity contribution in [3.8, 4) is 0 Å². The van der Waals surface area contributed by atoms with Gasteiger partial charge in [0.15, 0.2) is 0 Å². The summed E-state index contributed by atoms with van der Waals surface area (Å²) >= 11 is 0. The number of aromatic nitrogens is 3. The van der Waals surface area contributed by atoms with Crippen LogP contribution < -0.4 is 11.1 Å². The molecular weight excluding hydrogens is 486 g/mol. The Morgan fingerprint density at radius 1 is 0.868 bits per heavy atom. The lowest BCUT2D eigenvalue weighted by molar-refractivity contribution is -0.166. The van der Waals surface area contributed by atoms with E-state index in [4.69, 9.17) is 15.2 Å². The normalized spacial score (nSPS) is 11.6. The number of hydrogen-bond donors (Lipinski definition) is 2. The molecule has 1 amide bonds. The fourth-order valence-corrected chi connectivity index (χ4v) is 3.49. The van der Waals surface area contributed by atoms with E-state index in [9.17, 15) is 14.4 Å². The predicted molar refractivity (Wildman–Crippen MR) is 141 cm³/mol. The molecule has 202 valence electrons. The number of amides is 1. The first kappa shape index (κ1) is 28.5. The van der Waals surface area contributed by atoms with Crippen LogP contribution in [0.3, 0.4) is 0 Å². The van der Waals surface area contributed by atoms with Gasteiger partial charge in [0.2, 0.25) is 5.54 Å². The summed E-state index contributed by atoms with van der Waals surface area (Å²) in [7, 11) is 0. The van der Waals surface area contributed by atoms with Crippen molar-refractivity contribution in [1.29, 1.82) is 0 Å². The van der Waals surface area contributed by atoms with E-state index < -0.39 is 23.5 Å². The summed E-state index contributed by atoms with van der Waals surface area (Å²) in [6.07, 6.45) is 2.36. The van der Waals surface area contributed by atoms with Gasteiger partial charge in [0, 0.05) is 12.0 Å². The van der Waals surface area contributed by atoms with Crippen LogP contribution in [0.4, 0.5) is 4.79 Å². The van der Waals surface area contributed by atoms with Gasteiger partial charge in [-0.15, -0.1) is 5.10 Å². The maximum Gasteiger partial charge on any atom is 0.359 e. The van der Waals surface area contributed by atoms with Gasteiger partial charge < -0.3 is 20.5 Å². The number of unbranched alkanes of at least 4 members (excludes halogenated alkanes) is 1. The molecule has 3 aromatic rings. The van der Waals surface area contributed by atoms with Gasteiger partial charge in [0.1, 0.15) is 13.2 Å². The minimum absolute atomic E-state index is 0.0156. The standard InChI is InChI=1S/C28H35N5O5/c1-27(2,3)23-18-31-33(32-23)26(36)30-17-11-10-16-28(29,24(34)37-19-21-12-6-4-7-13-21)25(35)38-20-22-14-8-5-9-15-22/h4-9,12-15,18H,10-11,16-17,19-20,29H2,1-3H3,(H,30,36). The lowest BCUT2D eigenvalue weighted by Crippen LogP contribution is -2.56. The molecule has 38 heavy (non-hydrogen) atoms. The van der Waals surface area contributed by atoms with Crippen molar-refractivity contribution in [2.24, 2.45) is 5.73 Å². The van der Waals surface area contributed by atoms with E-state index in [-0.39, 0.29) is 31.6 Å². The van der Waals surface area contributed by atoms with E-state index in [1.807, 2.05) is 57.2 Å². The molecule has 1 heterocycles. The maximum absolute atomic E-state index is 13.0. The van der Waals surface area contributed by atoms with Crippen molar-refractivity contribution in [2.45, 2.75) is 64.2 Å². The summed E-state index contributed by atoms with van der Waals surface area (Å²) in [5, 5.41) is 10.9. The van der Waals surface area contributed by atoms with Crippen LogP contribution in [-0.4, -0.2) is 45.0 Å². The van der Waals surface area contributed by atoms with E-state index in [0.29, 0.717) is 18.5 Å². The summed E-state index contributed by atoms with van der Waals surface area (Å²) in [6, 6.07) is 17.8. The monoisotopic (exact) mass is 521 g/mol. The minimum atomic E-state index is -1.99. The number of carbonyl (C=O) groups excluding carboxylic acids is 3. The summed E-state index contributed by atoms with van der Waals surface area (Å²) in [4.78, 5) is 39.4. The highest BCUT2D eigenvalue weighted by Gasteiger charge is 2.45. The predicted octanol–water partition coefficient (Wildman–Crippen LogP) is 3.49. The molecule has 2 aromatic carbocycles. The van der Waals surface area contributed by atoms with Crippen LogP contribution in [0, 0.1) is 0 Å². The summed E-state index contributed by atoms with van der Waals surface area (Å²) < 4.78 is 10.8. The molecule has 1 aromatic heterocycles. The highest BCUT2D eigenvalue weighted by Crippen LogP contribution is 2.19. The number of rotatable bonds is 11. The average molecular weight is 522 g/mol. The third kappa shape index (κ3) is 7.97. The van der Waals surface area contributed by atoms with E-state index in [2.05, 4.69) is 15.5 Å². The molecule has 0 aliphatic heterocycles. The molecule has 10 nitrogen and oxygen atoms in total. The van der Waals surface area contributed by atoms with Crippen LogP contribution in [0.15, 0.2) is 66.9 Å². The molecule has 0 unspecified atom stereocenters. The van der Waals surface area contributed by atoms with Crippen molar-refractivity contribution in [2.75, 3.05) is 6.54 Å². The number of carbonyl (C=O) groups is 3. The Hall–Kier alpha value is -4.05. The first-order chi connectivity index (χ1) is 18.1. The fraction of sp³-hybridized carbons (Fsp3) is 0.393. The summed E-state index contributed by atoms with van der Waals surface area (Å²) in [6.45, 7) is 6.18. The number of nitrogens with zero attached hydrogens (tertiary/aromatic N) is 3. The molecule has 0 spiro atoms. The SMILES string of the molecule is CC(C)(C)c1cnn(C(=O)NCCCCC(N)(C(=O)OCc2ccccc2)C(=O)OCc2ccccc2)n1. The quantitative estimate of drug-likeness (QED) is 0.222. The largest absolute Gasteiger partial charge is 0.459 e. The second-order valence-corrected chi connectivity index (χ2v) is 10.1. The third-order valence-corrected chi connectivity index (χ3v) is 5.87. The van der Waals surface area contributed by atoms with Gasteiger partial charge in [-0.2, -0.15) is 5.10 Å². The third-order valence-electron chi connectivity index (χ3n) is 5.87. The second-order valence-electron chi connectivity index (χ2n) is 10.1. The molecule has 0 saturated carbocycles. The van der Waals surface area contributed by atoms with Gasteiger partial charge in [-0.1, -0.05) is 86.2 Å². The van der Waals surface area contributed by atoms with Crippen LogP contribution in [-0.2, 0) is 37.7 Å². The molecular formula is C28H35N5O5. The van der Waals surface area contributed by atoms with Crippen LogP contribution in [0.5, 0.6) is 0 Å². The van der Waals surface area contributed by atoms with Gasteiger partial charge in [-0.25, -0.2) is 14.4 Å². The number of ether oxygens (including phenoxy) is 2. The maximum atomic E-state index is 13.0. The van der Waals surface area contributed by atoms with Gasteiger partial charge in [-0.05, 0) is 30.4 Å². The van der Waals surface area contributed by atoms with Crippen molar-refractivity contribution >= 4 is 18.0 Å². The highest BCUT2D eigenvalue weighted by atomic mass is 16.6. The number of nitrogens with two attached hydrogens (primary N) is 1. The van der Waals surface area contributed by atoms with E-state index in [1.54, 1.807) is 30.5 Å². The average Bonchev–Trinajstić information content (AvgIpc) is 3.42. The molecule has 0 radical (unpaired) electrons. The Kier molecular flexibility index (Phi) is 9.72. The Balaban J connectivity index is 1.56. The summed E-state index contributed by atoms with van der Waals surface area (Å²) in [5.41, 5.74) is 6.35. The van der Waals surface area contributed by atoms with Gasteiger partial charge in [0.05, 0.1) is 11.9 Å². The zero-order valence-corrected chi connectivity index (χ0v) is 22.1. The van der Waals surface area contributed by atoms with Crippen LogP contribution in [0.25, 0.3) is 0 Å². The molecule has 0 aliphatic rings. The van der Waals surface area contributed by atoms with Crippen molar-refractivity contribution < 1.29 is 23.9 Å². The molecule has 0 fully saturated rings. The molecule has 0 bridgehead atoms. The van der Waals surface area contributed by atoms with E-state index >= 15 is 0 Å². The molecule has 0 saturated heterocycles. The number of esters is 2. The molecule has 0 aliphatic carbocycles. The lowest BCUT2D eigenvalue weighted by Gasteiger charge is -2.25. The first-order valence-electron chi connectivity index (χ1n) is 12.5. The zero-order chi connectivity index (χ0) is 27.6. The van der Waals surface area contributed by atoms with E-state index in [0.717, 1.165) is 15.9 Å². The Bertz CT molecular complexity index is 1150. The molecule has 3 N–H and O–H groups in total. The number of nitrogens with one attached hydrogen (secondary N) is 1.